The molecule has 0 radical (unpaired) electrons. The number of hydrogen-bond donors (Lipinski definition) is 1. The maximum atomic E-state index is 12.7. The molecule has 90 valence electrons. The van der Waals surface area contributed by atoms with Gasteiger partial charge in [0.2, 0.25) is 0 Å². The summed E-state index contributed by atoms with van der Waals surface area (Å²) in [7, 11) is 0. The molecule has 5 heteroatoms. The van der Waals surface area contributed by atoms with Gasteiger partial charge in [-0.15, -0.1) is 0 Å². The molecule has 2 aromatic rings. The number of hydrogen-bond acceptors (Lipinski definition) is 3. The Kier molecular flexibility index (Phi) is 3.49. The highest BCUT2D eigenvalue weighted by Gasteiger charge is 2.12. The average molecular weight is 234 g/mol. The lowest BCUT2D eigenvalue weighted by atomic mass is 10.1. The van der Waals surface area contributed by atoms with Crippen LogP contribution in [0.1, 0.15) is 30.6 Å². The van der Waals surface area contributed by atoms with Gasteiger partial charge >= 0.3 is 0 Å². The van der Waals surface area contributed by atoms with E-state index in [4.69, 9.17) is 5.73 Å². The fourth-order valence-electron chi connectivity index (χ4n) is 1.63. The Labute approximate surface area is 99.3 Å². The molecule has 1 atom stereocenters. The average Bonchev–Trinajstić information content (AvgIpc) is 2.78. The molecule has 2 heterocycles. The molecule has 0 spiro atoms. The molecule has 0 aliphatic rings. The number of aryl methyl sites for hydroxylation is 1. The number of nitrogens with two attached hydrogens (primary N) is 1. The second-order valence-electron chi connectivity index (χ2n) is 3.92. The van der Waals surface area contributed by atoms with Crippen molar-refractivity contribution in [3.63, 3.8) is 0 Å². The van der Waals surface area contributed by atoms with Crippen LogP contribution in [0.4, 0.5) is 4.39 Å². The van der Waals surface area contributed by atoms with Crippen molar-refractivity contribution in [1.82, 2.24) is 14.8 Å². The van der Waals surface area contributed by atoms with E-state index in [0.717, 1.165) is 18.5 Å². The second kappa shape index (κ2) is 5.05. The molecule has 0 saturated carbocycles. The summed E-state index contributed by atoms with van der Waals surface area (Å²) in [6, 6.07) is 2.59. The Morgan fingerprint density at radius 2 is 2.24 bits per heavy atom. The lowest BCUT2D eigenvalue weighted by Gasteiger charge is -2.08. The van der Waals surface area contributed by atoms with Crippen LogP contribution in [0.2, 0.25) is 0 Å². The summed E-state index contributed by atoms with van der Waals surface area (Å²) in [5, 5.41) is 4.20. The van der Waals surface area contributed by atoms with Gasteiger partial charge in [-0.2, -0.15) is 5.10 Å². The number of nitrogens with zero attached hydrogens (tertiary/aromatic N) is 3. The minimum Gasteiger partial charge on any atom is -0.319 e. The molecule has 2 aromatic heterocycles. The molecule has 0 saturated heterocycles. The van der Waals surface area contributed by atoms with Gasteiger partial charge in [-0.25, -0.2) is 4.39 Å². The van der Waals surface area contributed by atoms with Gasteiger partial charge in [0, 0.05) is 18.3 Å². The van der Waals surface area contributed by atoms with Gasteiger partial charge in [0.15, 0.2) is 0 Å². The second-order valence-corrected chi connectivity index (χ2v) is 3.92. The van der Waals surface area contributed by atoms with Crippen molar-refractivity contribution in [3.8, 4) is 0 Å². The van der Waals surface area contributed by atoms with Crippen molar-refractivity contribution in [2.75, 3.05) is 0 Å². The molecule has 2 N–H and O–H groups in total. The summed E-state index contributed by atoms with van der Waals surface area (Å²) in [5.74, 6) is -0.359. The Morgan fingerprint density at radius 3 is 2.88 bits per heavy atom. The number of aromatic nitrogens is 3. The van der Waals surface area contributed by atoms with Gasteiger partial charge in [-0.3, -0.25) is 9.67 Å². The van der Waals surface area contributed by atoms with Crippen LogP contribution in [0.3, 0.4) is 0 Å². The predicted octanol–water partition coefficient (Wildman–Crippen LogP) is 1.88. The lowest BCUT2D eigenvalue weighted by molar-refractivity contribution is 0.601. The number of rotatable bonds is 4. The Balaban J connectivity index is 2.18. The van der Waals surface area contributed by atoms with Crippen molar-refractivity contribution in [2.45, 2.75) is 25.9 Å². The van der Waals surface area contributed by atoms with Gasteiger partial charge < -0.3 is 5.73 Å². The topological polar surface area (TPSA) is 56.7 Å². The number of pyridine rings is 1. The van der Waals surface area contributed by atoms with Crippen LogP contribution in [0.15, 0.2) is 30.7 Å². The summed E-state index contributed by atoms with van der Waals surface area (Å²) in [6.45, 7) is 2.95. The maximum Gasteiger partial charge on any atom is 0.141 e. The summed E-state index contributed by atoms with van der Waals surface area (Å²) >= 11 is 0. The largest absolute Gasteiger partial charge is 0.319 e. The van der Waals surface area contributed by atoms with E-state index in [9.17, 15) is 4.39 Å². The van der Waals surface area contributed by atoms with Crippen LogP contribution in [0, 0.1) is 5.82 Å². The van der Waals surface area contributed by atoms with Gasteiger partial charge in [0.25, 0.3) is 0 Å². The summed E-state index contributed by atoms with van der Waals surface area (Å²) in [4.78, 5) is 3.97. The van der Waals surface area contributed by atoms with Crippen LogP contribution in [-0.2, 0) is 6.54 Å². The van der Waals surface area contributed by atoms with Gasteiger partial charge in [-0.1, -0.05) is 6.92 Å². The smallest absolute Gasteiger partial charge is 0.141 e. The Hall–Kier alpha value is -1.75. The first-order valence-corrected chi connectivity index (χ1v) is 5.60. The third-order valence-electron chi connectivity index (χ3n) is 2.53. The number of halogens is 1. The van der Waals surface area contributed by atoms with Crippen molar-refractivity contribution in [1.29, 1.82) is 0 Å². The van der Waals surface area contributed by atoms with Crippen LogP contribution in [-0.4, -0.2) is 14.8 Å². The molecule has 17 heavy (non-hydrogen) atoms. The summed E-state index contributed by atoms with van der Waals surface area (Å²) < 4.78 is 14.6. The summed E-state index contributed by atoms with van der Waals surface area (Å²) in [6.07, 6.45) is 5.82. The maximum absolute atomic E-state index is 12.7. The third-order valence-corrected chi connectivity index (χ3v) is 2.53. The molecule has 0 bridgehead atoms. The fraction of sp³-hybridized carbons (Fsp3) is 0.333. The molecule has 0 amide bonds. The standard InChI is InChI=1S/C12H15FN4/c1-2-5-17-8-9(6-16-17)12(14)11-4-3-10(13)7-15-11/h3-4,6-8,12H,2,5,14H2,1H3. The van der Waals surface area contributed by atoms with E-state index in [1.54, 1.807) is 12.3 Å². The van der Waals surface area contributed by atoms with Crippen molar-refractivity contribution in [3.05, 3.63) is 47.8 Å². The molecule has 0 fully saturated rings. The summed E-state index contributed by atoms with van der Waals surface area (Å²) in [5.41, 5.74) is 7.57. The first-order valence-electron chi connectivity index (χ1n) is 5.60. The minimum absolute atomic E-state index is 0.359. The van der Waals surface area contributed by atoms with E-state index in [2.05, 4.69) is 17.0 Å². The van der Waals surface area contributed by atoms with E-state index in [0.29, 0.717) is 5.69 Å². The van der Waals surface area contributed by atoms with Crippen LogP contribution in [0.5, 0.6) is 0 Å². The van der Waals surface area contributed by atoms with E-state index in [1.807, 2.05) is 10.9 Å². The highest BCUT2D eigenvalue weighted by atomic mass is 19.1. The monoisotopic (exact) mass is 234 g/mol. The van der Waals surface area contributed by atoms with Crippen LogP contribution in [0.25, 0.3) is 0 Å². The highest BCUT2D eigenvalue weighted by Crippen LogP contribution is 2.17. The van der Waals surface area contributed by atoms with E-state index >= 15 is 0 Å². The van der Waals surface area contributed by atoms with E-state index < -0.39 is 0 Å². The molecule has 0 aliphatic heterocycles. The zero-order valence-corrected chi connectivity index (χ0v) is 9.68. The van der Waals surface area contributed by atoms with Crippen LogP contribution < -0.4 is 5.73 Å². The highest BCUT2D eigenvalue weighted by molar-refractivity contribution is 5.22. The molecule has 0 aliphatic carbocycles. The predicted molar refractivity (Wildman–Crippen MR) is 62.7 cm³/mol. The first-order chi connectivity index (χ1) is 8.20. The molecule has 2 rings (SSSR count). The Bertz CT molecular complexity index is 478. The Morgan fingerprint density at radius 1 is 1.41 bits per heavy atom. The van der Waals surface area contributed by atoms with E-state index in [1.165, 1.54) is 12.3 Å². The quantitative estimate of drug-likeness (QED) is 0.878. The van der Waals surface area contributed by atoms with Crippen molar-refractivity contribution in [2.24, 2.45) is 5.73 Å². The fourth-order valence-corrected chi connectivity index (χ4v) is 1.63. The molecular weight excluding hydrogens is 219 g/mol. The van der Waals surface area contributed by atoms with Gasteiger partial charge in [0.05, 0.1) is 24.1 Å². The SMILES string of the molecule is CCCn1cc(C(N)c2ccc(F)cn2)cn1. The van der Waals surface area contributed by atoms with Gasteiger partial charge in [0.1, 0.15) is 5.82 Å². The zero-order valence-electron chi connectivity index (χ0n) is 9.68. The lowest BCUT2D eigenvalue weighted by Crippen LogP contribution is -2.12. The van der Waals surface area contributed by atoms with E-state index in [-0.39, 0.29) is 11.9 Å². The van der Waals surface area contributed by atoms with Gasteiger partial charge in [-0.05, 0) is 18.6 Å². The van der Waals surface area contributed by atoms with Crippen molar-refractivity contribution < 1.29 is 4.39 Å². The molecular formula is C12H15FN4. The molecule has 0 aromatic carbocycles. The molecule has 1 unspecified atom stereocenters. The molecule has 4 nitrogen and oxygen atoms in total. The third kappa shape index (κ3) is 2.68. The van der Waals surface area contributed by atoms with Crippen molar-refractivity contribution >= 4 is 0 Å². The van der Waals surface area contributed by atoms with Crippen LogP contribution >= 0.6 is 0 Å². The zero-order chi connectivity index (χ0) is 12.3. The minimum atomic E-state index is -0.360. The first kappa shape index (κ1) is 11.7. The normalized spacial score (nSPS) is 12.6.